The van der Waals surface area contributed by atoms with Crippen molar-refractivity contribution in [2.24, 2.45) is 0 Å². The van der Waals surface area contributed by atoms with Gasteiger partial charge in [-0.25, -0.2) is 0 Å². The van der Waals surface area contributed by atoms with Gasteiger partial charge in [-0.15, -0.1) is 0 Å². The predicted molar refractivity (Wildman–Crippen MR) is 66.3 cm³/mol. The van der Waals surface area contributed by atoms with Crippen LogP contribution in [0.15, 0.2) is 0 Å². The Morgan fingerprint density at radius 2 is 2.13 bits per heavy atom. The van der Waals surface area contributed by atoms with Crippen LogP contribution in [0.25, 0.3) is 0 Å². The Kier molecular flexibility index (Phi) is 5.47. The summed E-state index contributed by atoms with van der Waals surface area (Å²) in [7, 11) is 0. The number of carbonyl (C=O) groups is 1. The first-order valence-corrected chi connectivity index (χ1v) is 6.94. The van der Waals surface area contributed by atoms with Gasteiger partial charge in [0.1, 0.15) is 0 Å². The Balaban J connectivity index is 2.17. The highest BCUT2D eigenvalue weighted by Gasteiger charge is 2.20. The minimum absolute atomic E-state index is 0.214. The molecule has 0 aliphatic carbocycles. The number of carbonyl (C=O) groups excluding carboxylic acids is 1. The summed E-state index contributed by atoms with van der Waals surface area (Å²) in [5.41, 5.74) is 0. The Labute approximate surface area is 97.0 Å². The van der Waals surface area contributed by atoms with E-state index in [4.69, 9.17) is 0 Å². The second-order valence-corrected chi connectivity index (χ2v) is 5.51. The first kappa shape index (κ1) is 12.8. The molecule has 88 valence electrons. The third-order valence-corrected chi connectivity index (χ3v) is 4.01. The third kappa shape index (κ3) is 4.43. The minimum Gasteiger partial charge on any atom is -0.343 e. The van der Waals surface area contributed by atoms with Crippen LogP contribution in [0.3, 0.4) is 0 Å². The van der Waals surface area contributed by atoms with Crippen LogP contribution in [0.5, 0.6) is 0 Å². The number of thioether (sulfide) groups is 1. The molecule has 1 fully saturated rings. The average Bonchev–Trinajstić information content (AvgIpc) is 2.26. The molecule has 1 unspecified atom stereocenters. The van der Waals surface area contributed by atoms with Gasteiger partial charge in [0.25, 0.3) is 0 Å². The Hall–Kier alpha value is -0.220. The largest absolute Gasteiger partial charge is 0.343 e. The molecule has 1 heterocycles. The van der Waals surface area contributed by atoms with E-state index in [-0.39, 0.29) is 5.91 Å². The Morgan fingerprint density at radius 3 is 2.60 bits per heavy atom. The van der Waals surface area contributed by atoms with Gasteiger partial charge in [-0.05, 0) is 19.1 Å². The molecule has 0 spiro atoms. The van der Waals surface area contributed by atoms with Crippen molar-refractivity contribution < 1.29 is 4.79 Å². The van der Waals surface area contributed by atoms with Gasteiger partial charge in [-0.1, -0.05) is 6.92 Å². The SMILES string of the molecule is CSC(C)CNC1CCN(C(C)=O)CC1. The zero-order chi connectivity index (χ0) is 11.3. The van der Waals surface area contributed by atoms with Crippen molar-refractivity contribution in [1.82, 2.24) is 10.2 Å². The van der Waals surface area contributed by atoms with E-state index in [1.54, 1.807) is 6.92 Å². The van der Waals surface area contributed by atoms with Crippen LogP contribution in [0, 0.1) is 0 Å². The van der Waals surface area contributed by atoms with Gasteiger partial charge in [0.15, 0.2) is 0 Å². The average molecular weight is 230 g/mol. The van der Waals surface area contributed by atoms with Crippen LogP contribution < -0.4 is 5.32 Å². The molecule has 15 heavy (non-hydrogen) atoms. The van der Waals surface area contributed by atoms with Crippen LogP contribution in [-0.2, 0) is 4.79 Å². The number of hydrogen-bond donors (Lipinski definition) is 1. The summed E-state index contributed by atoms with van der Waals surface area (Å²) >= 11 is 1.89. The smallest absolute Gasteiger partial charge is 0.219 e. The normalized spacial score (nSPS) is 20.3. The predicted octanol–water partition coefficient (Wildman–Crippen LogP) is 1.34. The molecule has 1 rings (SSSR count). The maximum atomic E-state index is 11.1. The molecule has 1 N–H and O–H groups in total. The molecule has 4 heteroatoms. The van der Waals surface area contributed by atoms with E-state index in [0.717, 1.165) is 32.5 Å². The molecule has 0 aromatic rings. The Morgan fingerprint density at radius 1 is 1.53 bits per heavy atom. The number of hydrogen-bond acceptors (Lipinski definition) is 3. The molecule has 0 aromatic heterocycles. The van der Waals surface area contributed by atoms with Crippen molar-refractivity contribution in [3.63, 3.8) is 0 Å². The van der Waals surface area contributed by atoms with Crippen molar-refractivity contribution in [2.75, 3.05) is 25.9 Å². The number of likely N-dealkylation sites (tertiary alicyclic amines) is 1. The number of nitrogens with zero attached hydrogens (tertiary/aromatic N) is 1. The molecule has 0 radical (unpaired) electrons. The molecule has 3 nitrogen and oxygen atoms in total. The molecule has 0 bridgehead atoms. The molecular weight excluding hydrogens is 208 g/mol. The first-order chi connectivity index (χ1) is 7.13. The highest BCUT2D eigenvalue weighted by molar-refractivity contribution is 7.99. The second-order valence-electron chi connectivity index (χ2n) is 4.23. The van der Waals surface area contributed by atoms with Crippen molar-refractivity contribution in [3.05, 3.63) is 0 Å². The summed E-state index contributed by atoms with van der Waals surface area (Å²) in [6.07, 6.45) is 4.34. The van der Waals surface area contributed by atoms with E-state index in [1.807, 2.05) is 16.7 Å². The number of rotatable bonds is 4. The Bertz CT molecular complexity index is 203. The summed E-state index contributed by atoms with van der Waals surface area (Å²) in [6, 6.07) is 0.607. The van der Waals surface area contributed by atoms with E-state index in [9.17, 15) is 4.79 Å². The molecule has 0 saturated carbocycles. The van der Waals surface area contributed by atoms with Crippen molar-refractivity contribution in [2.45, 2.75) is 38.0 Å². The fourth-order valence-corrected chi connectivity index (χ4v) is 2.08. The lowest BCUT2D eigenvalue weighted by Crippen LogP contribution is -2.45. The monoisotopic (exact) mass is 230 g/mol. The van der Waals surface area contributed by atoms with Gasteiger partial charge in [0.05, 0.1) is 0 Å². The zero-order valence-corrected chi connectivity index (χ0v) is 10.8. The molecule has 1 saturated heterocycles. The molecule has 1 amide bonds. The van der Waals surface area contributed by atoms with Gasteiger partial charge >= 0.3 is 0 Å². The zero-order valence-electron chi connectivity index (χ0n) is 9.95. The minimum atomic E-state index is 0.214. The molecule has 1 aliphatic heterocycles. The number of amides is 1. The topological polar surface area (TPSA) is 32.3 Å². The van der Waals surface area contributed by atoms with Gasteiger partial charge in [0, 0.05) is 37.8 Å². The summed E-state index contributed by atoms with van der Waals surface area (Å²) in [6.45, 7) is 6.80. The number of nitrogens with one attached hydrogen (secondary N) is 1. The standard InChI is InChI=1S/C11H22N2OS/c1-9(15-3)8-12-11-4-6-13(7-5-11)10(2)14/h9,11-12H,4-8H2,1-3H3. The number of piperidine rings is 1. The molecule has 0 aromatic carbocycles. The molecule has 1 atom stereocenters. The van der Waals surface area contributed by atoms with E-state index in [2.05, 4.69) is 18.5 Å². The lowest BCUT2D eigenvalue weighted by atomic mass is 10.1. The van der Waals surface area contributed by atoms with E-state index < -0.39 is 0 Å². The maximum Gasteiger partial charge on any atom is 0.219 e. The summed E-state index contributed by atoms with van der Waals surface area (Å²) in [5.74, 6) is 0.214. The highest BCUT2D eigenvalue weighted by atomic mass is 32.2. The second kappa shape index (κ2) is 6.38. The highest BCUT2D eigenvalue weighted by Crippen LogP contribution is 2.11. The summed E-state index contributed by atoms with van der Waals surface area (Å²) in [5, 5.41) is 4.25. The van der Waals surface area contributed by atoms with E-state index >= 15 is 0 Å². The molecule has 1 aliphatic rings. The van der Waals surface area contributed by atoms with Crippen molar-refractivity contribution >= 4 is 17.7 Å². The van der Waals surface area contributed by atoms with Gasteiger partial charge in [0.2, 0.25) is 5.91 Å². The van der Waals surface area contributed by atoms with Gasteiger partial charge < -0.3 is 10.2 Å². The molecular formula is C11H22N2OS. The van der Waals surface area contributed by atoms with Crippen LogP contribution >= 0.6 is 11.8 Å². The van der Waals surface area contributed by atoms with Gasteiger partial charge in [-0.3, -0.25) is 4.79 Å². The van der Waals surface area contributed by atoms with Crippen LogP contribution in [0.2, 0.25) is 0 Å². The summed E-state index contributed by atoms with van der Waals surface area (Å²) < 4.78 is 0. The maximum absolute atomic E-state index is 11.1. The summed E-state index contributed by atoms with van der Waals surface area (Å²) in [4.78, 5) is 13.1. The van der Waals surface area contributed by atoms with Crippen LogP contribution in [0.1, 0.15) is 26.7 Å². The quantitative estimate of drug-likeness (QED) is 0.791. The van der Waals surface area contributed by atoms with E-state index in [0.29, 0.717) is 11.3 Å². The fraction of sp³-hybridized carbons (Fsp3) is 0.909. The van der Waals surface area contributed by atoms with Crippen LogP contribution in [0.4, 0.5) is 0 Å². The first-order valence-electron chi connectivity index (χ1n) is 5.65. The van der Waals surface area contributed by atoms with Gasteiger partial charge in [-0.2, -0.15) is 11.8 Å². The van der Waals surface area contributed by atoms with E-state index in [1.165, 1.54) is 0 Å². The lowest BCUT2D eigenvalue weighted by Gasteiger charge is -2.32. The lowest BCUT2D eigenvalue weighted by molar-refractivity contribution is -0.129. The van der Waals surface area contributed by atoms with Crippen molar-refractivity contribution in [1.29, 1.82) is 0 Å². The third-order valence-electron chi connectivity index (χ3n) is 3.04. The van der Waals surface area contributed by atoms with Crippen LogP contribution in [-0.4, -0.2) is 48.0 Å². The fourth-order valence-electron chi connectivity index (χ4n) is 1.81. The van der Waals surface area contributed by atoms with Crippen molar-refractivity contribution in [3.8, 4) is 0 Å².